The maximum atomic E-state index is 13.4. The van der Waals surface area contributed by atoms with Crippen LogP contribution in [0.3, 0.4) is 0 Å². The third-order valence-electron chi connectivity index (χ3n) is 3.43. The molecule has 0 aliphatic rings. The molecule has 0 saturated heterocycles. The molecule has 2 rings (SSSR count). The topological polar surface area (TPSA) is 29.3 Å². The van der Waals surface area contributed by atoms with Crippen LogP contribution in [0.15, 0.2) is 42.5 Å². The maximum Gasteiger partial charge on any atom is 0.123 e. The van der Waals surface area contributed by atoms with E-state index < -0.39 is 0 Å². The summed E-state index contributed by atoms with van der Waals surface area (Å²) in [4.78, 5) is 2.10. The maximum absolute atomic E-state index is 13.4. The summed E-state index contributed by atoms with van der Waals surface area (Å²) in [6, 6.07) is 13.0. The Morgan fingerprint density at radius 2 is 1.80 bits per heavy atom. The van der Waals surface area contributed by atoms with Gasteiger partial charge in [0.15, 0.2) is 0 Å². The van der Waals surface area contributed by atoms with Crippen LogP contribution in [-0.4, -0.2) is 7.05 Å². The van der Waals surface area contributed by atoms with E-state index in [1.54, 1.807) is 6.07 Å². The number of hydrogen-bond acceptors (Lipinski definition) is 2. The molecule has 0 radical (unpaired) electrons. The predicted octanol–water partition coefficient (Wildman–Crippen LogP) is 3.79. The van der Waals surface area contributed by atoms with Crippen molar-refractivity contribution in [3.8, 4) is 0 Å². The van der Waals surface area contributed by atoms with Gasteiger partial charge in [0.2, 0.25) is 0 Å². The summed E-state index contributed by atoms with van der Waals surface area (Å²) >= 11 is 0. The van der Waals surface area contributed by atoms with Crippen LogP contribution in [0, 0.1) is 12.7 Å². The molecule has 0 fully saturated rings. The fourth-order valence-electron chi connectivity index (χ4n) is 2.29. The van der Waals surface area contributed by atoms with Gasteiger partial charge in [-0.2, -0.15) is 0 Å². The lowest BCUT2D eigenvalue weighted by atomic mass is 10.0. The van der Waals surface area contributed by atoms with Crippen LogP contribution in [-0.2, 0) is 6.54 Å². The number of nitrogens with zero attached hydrogens (tertiary/aromatic N) is 1. The van der Waals surface area contributed by atoms with E-state index >= 15 is 0 Å². The molecular formula is C17H21FN2. The molecule has 106 valence electrons. The van der Waals surface area contributed by atoms with Gasteiger partial charge in [-0.05, 0) is 43.2 Å². The zero-order valence-corrected chi connectivity index (χ0v) is 12.2. The zero-order valence-electron chi connectivity index (χ0n) is 12.2. The zero-order chi connectivity index (χ0) is 14.7. The van der Waals surface area contributed by atoms with Gasteiger partial charge in [-0.1, -0.05) is 29.8 Å². The number of rotatable bonds is 4. The predicted molar refractivity (Wildman–Crippen MR) is 82.3 cm³/mol. The van der Waals surface area contributed by atoms with Crippen LogP contribution in [0.1, 0.15) is 29.7 Å². The summed E-state index contributed by atoms with van der Waals surface area (Å²) in [7, 11) is 2.00. The summed E-state index contributed by atoms with van der Waals surface area (Å²) in [5, 5.41) is 0. The molecule has 2 N–H and O–H groups in total. The van der Waals surface area contributed by atoms with Crippen LogP contribution < -0.4 is 10.6 Å². The molecule has 0 amide bonds. The molecule has 0 aliphatic carbocycles. The first-order chi connectivity index (χ1) is 9.47. The Labute approximate surface area is 120 Å². The lowest BCUT2D eigenvalue weighted by Crippen LogP contribution is -2.20. The van der Waals surface area contributed by atoms with Gasteiger partial charge in [0.1, 0.15) is 5.82 Å². The van der Waals surface area contributed by atoms with E-state index in [1.165, 1.54) is 23.3 Å². The van der Waals surface area contributed by atoms with Gasteiger partial charge in [0, 0.05) is 25.3 Å². The number of aryl methyl sites for hydroxylation is 1. The first-order valence-corrected chi connectivity index (χ1v) is 6.79. The highest BCUT2D eigenvalue weighted by Crippen LogP contribution is 2.26. The Morgan fingerprint density at radius 1 is 1.15 bits per heavy atom. The number of halogens is 1. The highest BCUT2D eigenvalue weighted by Gasteiger charge is 2.12. The Bertz CT molecular complexity index is 576. The minimum absolute atomic E-state index is 0.193. The van der Waals surface area contributed by atoms with Gasteiger partial charge >= 0.3 is 0 Å². The summed E-state index contributed by atoms with van der Waals surface area (Å²) in [6.45, 7) is 4.71. The van der Waals surface area contributed by atoms with Gasteiger partial charge in [-0.15, -0.1) is 0 Å². The normalized spacial score (nSPS) is 12.2. The van der Waals surface area contributed by atoms with Crippen LogP contribution in [0.2, 0.25) is 0 Å². The summed E-state index contributed by atoms with van der Waals surface area (Å²) in [6.07, 6.45) is 0. The molecule has 0 spiro atoms. The van der Waals surface area contributed by atoms with Crippen LogP contribution in [0.5, 0.6) is 0 Å². The Morgan fingerprint density at radius 3 is 2.40 bits per heavy atom. The van der Waals surface area contributed by atoms with Gasteiger partial charge < -0.3 is 10.6 Å². The van der Waals surface area contributed by atoms with E-state index in [9.17, 15) is 4.39 Å². The van der Waals surface area contributed by atoms with Gasteiger partial charge in [0.25, 0.3) is 0 Å². The number of nitrogens with two attached hydrogens (primary N) is 1. The fraction of sp³-hybridized carbons (Fsp3) is 0.294. The van der Waals surface area contributed by atoms with Gasteiger partial charge in [-0.25, -0.2) is 4.39 Å². The SMILES string of the molecule is Cc1ccc(CN(C)c2ccc(F)cc2[C@H](C)N)cc1. The molecule has 3 heteroatoms. The van der Waals surface area contributed by atoms with Crippen molar-refractivity contribution < 1.29 is 4.39 Å². The monoisotopic (exact) mass is 272 g/mol. The molecule has 2 aromatic carbocycles. The van der Waals surface area contributed by atoms with Crippen molar-refractivity contribution >= 4 is 5.69 Å². The van der Waals surface area contributed by atoms with E-state index in [4.69, 9.17) is 5.73 Å². The molecule has 2 nitrogen and oxygen atoms in total. The average Bonchev–Trinajstić information content (AvgIpc) is 2.41. The number of hydrogen-bond donors (Lipinski definition) is 1. The lowest BCUT2D eigenvalue weighted by Gasteiger charge is -2.24. The van der Waals surface area contributed by atoms with Crippen molar-refractivity contribution in [2.24, 2.45) is 5.73 Å². The molecule has 0 saturated carbocycles. The Balaban J connectivity index is 2.24. The van der Waals surface area contributed by atoms with Crippen molar-refractivity contribution in [2.75, 3.05) is 11.9 Å². The third-order valence-corrected chi connectivity index (χ3v) is 3.43. The van der Waals surface area contributed by atoms with Gasteiger partial charge in [-0.3, -0.25) is 0 Å². The van der Waals surface area contributed by atoms with Gasteiger partial charge in [0.05, 0.1) is 0 Å². The van der Waals surface area contributed by atoms with E-state index in [0.717, 1.165) is 17.8 Å². The number of anilines is 1. The molecule has 20 heavy (non-hydrogen) atoms. The minimum Gasteiger partial charge on any atom is -0.370 e. The molecule has 0 aromatic heterocycles. The molecular weight excluding hydrogens is 251 g/mol. The second kappa shape index (κ2) is 6.06. The third kappa shape index (κ3) is 3.36. The highest BCUT2D eigenvalue weighted by molar-refractivity contribution is 5.55. The van der Waals surface area contributed by atoms with Crippen molar-refractivity contribution in [1.82, 2.24) is 0 Å². The fourth-order valence-corrected chi connectivity index (χ4v) is 2.29. The quantitative estimate of drug-likeness (QED) is 0.917. The summed E-state index contributed by atoms with van der Waals surface area (Å²) < 4.78 is 13.4. The van der Waals surface area contributed by atoms with Crippen LogP contribution in [0.4, 0.5) is 10.1 Å². The second-order valence-corrected chi connectivity index (χ2v) is 5.33. The molecule has 2 aromatic rings. The van der Waals surface area contributed by atoms with Crippen LogP contribution in [0.25, 0.3) is 0 Å². The second-order valence-electron chi connectivity index (χ2n) is 5.33. The van der Waals surface area contributed by atoms with Crippen LogP contribution >= 0.6 is 0 Å². The standard InChI is InChI=1S/C17H21FN2/c1-12-4-6-14(7-5-12)11-20(3)17-9-8-15(18)10-16(17)13(2)19/h4-10,13H,11,19H2,1-3H3/t13-/m0/s1. The molecule has 0 unspecified atom stereocenters. The van der Waals surface area contributed by atoms with E-state index in [1.807, 2.05) is 14.0 Å². The van der Waals surface area contributed by atoms with E-state index in [0.29, 0.717) is 0 Å². The summed E-state index contributed by atoms with van der Waals surface area (Å²) in [5.41, 5.74) is 10.2. The Hall–Kier alpha value is -1.87. The lowest BCUT2D eigenvalue weighted by molar-refractivity contribution is 0.622. The first kappa shape index (κ1) is 14.5. The largest absolute Gasteiger partial charge is 0.370 e. The Kier molecular flexibility index (Phi) is 4.40. The first-order valence-electron chi connectivity index (χ1n) is 6.79. The van der Waals surface area contributed by atoms with Crippen molar-refractivity contribution in [1.29, 1.82) is 0 Å². The van der Waals surface area contributed by atoms with Crippen molar-refractivity contribution in [3.05, 3.63) is 65.0 Å². The van der Waals surface area contributed by atoms with E-state index in [-0.39, 0.29) is 11.9 Å². The summed E-state index contributed by atoms with van der Waals surface area (Å²) in [5.74, 6) is -0.246. The smallest absolute Gasteiger partial charge is 0.123 e. The molecule has 0 aliphatic heterocycles. The average molecular weight is 272 g/mol. The molecule has 0 heterocycles. The highest BCUT2D eigenvalue weighted by atomic mass is 19.1. The number of benzene rings is 2. The molecule has 1 atom stereocenters. The minimum atomic E-state index is -0.246. The molecule has 0 bridgehead atoms. The van der Waals surface area contributed by atoms with E-state index in [2.05, 4.69) is 36.1 Å². The van der Waals surface area contributed by atoms with Crippen molar-refractivity contribution in [2.45, 2.75) is 26.4 Å². The van der Waals surface area contributed by atoms with Crippen molar-refractivity contribution in [3.63, 3.8) is 0 Å².